The number of cyclic esters (lactones) is 1. The SMILES string of the molecule is CC(=O)NC[C@H]1CN(c2ccc(-c3ccc(C(=O)NC4CC4)cc3)c(F)c2)C(=O)O1. The van der Waals surface area contributed by atoms with E-state index in [1.807, 2.05) is 0 Å². The Morgan fingerprint density at radius 1 is 1.17 bits per heavy atom. The Labute approximate surface area is 173 Å². The highest BCUT2D eigenvalue weighted by Crippen LogP contribution is 2.29. The van der Waals surface area contributed by atoms with Crippen molar-refractivity contribution < 1.29 is 23.5 Å². The van der Waals surface area contributed by atoms with E-state index in [9.17, 15) is 18.8 Å². The normalized spacial score (nSPS) is 18.1. The quantitative estimate of drug-likeness (QED) is 0.765. The van der Waals surface area contributed by atoms with Crippen LogP contribution in [0.4, 0.5) is 14.9 Å². The zero-order valence-electron chi connectivity index (χ0n) is 16.5. The summed E-state index contributed by atoms with van der Waals surface area (Å²) in [5.74, 6) is -0.821. The smallest absolute Gasteiger partial charge is 0.414 e. The van der Waals surface area contributed by atoms with Gasteiger partial charge in [-0.1, -0.05) is 12.1 Å². The molecule has 2 N–H and O–H groups in total. The van der Waals surface area contributed by atoms with Crippen LogP contribution in [0, 0.1) is 5.82 Å². The first-order valence-electron chi connectivity index (χ1n) is 9.84. The van der Waals surface area contributed by atoms with Crippen LogP contribution in [0.5, 0.6) is 0 Å². The Hall–Kier alpha value is -3.42. The topological polar surface area (TPSA) is 87.7 Å². The molecule has 0 radical (unpaired) electrons. The number of anilines is 1. The predicted molar refractivity (Wildman–Crippen MR) is 109 cm³/mol. The van der Waals surface area contributed by atoms with Crippen molar-refractivity contribution in [3.05, 3.63) is 53.8 Å². The van der Waals surface area contributed by atoms with Gasteiger partial charge in [-0.25, -0.2) is 9.18 Å². The van der Waals surface area contributed by atoms with Crippen molar-refractivity contribution in [3.8, 4) is 11.1 Å². The van der Waals surface area contributed by atoms with Gasteiger partial charge in [-0.3, -0.25) is 14.5 Å². The highest BCUT2D eigenvalue weighted by Gasteiger charge is 2.32. The second-order valence-corrected chi connectivity index (χ2v) is 7.54. The number of amides is 3. The standard InChI is InChI=1S/C22H22FN3O4/c1-13(27)24-11-18-12-26(22(29)30-18)17-8-9-19(20(23)10-17)14-2-4-15(5-3-14)21(28)25-16-6-7-16/h2-5,8-10,16,18H,6-7,11-12H2,1H3,(H,24,27)(H,25,28)/t18-/m0/s1. The van der Waals surface area contributed by atoms with Gasteiger partial charge in [-0.05, 0) is 48.7 Å². The third-order valence-corrected chi connectivity index (χ3v) is 5.09. The lowest BCUT2D eigenvalue weighted by molar-refractivity contribution is -0.119. The van der Waals surface area contributed by atoms with Gasteiger partial charge < -0.3 is 15.4 Å². The van der Waals surface area contributed by atoms with Crippen LogP contribution in [-0.4, -0.2) is 43.1 Å². The van der Waals surface area contributed by atoms with Gasteiger partial charge in [0, 0.05) is 24.1 Å². The van der Waals surface area contributed by atoms with E-state index in [-0.39, 0.29) is 30.9 Å². The number of carbonyl (C=O) groups excluding carboxylic acids is 3. The average Bonchev–Trinajstić information content (AvgIpc) is 3.46. The lowest BCUT2D eigenvalue weighted by atomic mass is 10.0. The van der Waals surface area contributed by atoms with Gasteiger partial charge in [0.15, 0.2) is 0 Å². The molecule has 2 fully saturated rings. The molecule has 1 aliphatic carbocycles. The molecule has 156 valence electrons. The summed E-state index contributed by atoms with van der Waals surface area (Å²) in [5.41, 5.74) is 1.92. The molecule has 1 saturated heterocycles. The molecular weight excluding hydrogens is 389 g/mol. The zero-order valence-corrected chi connectivity index (χ0v) is 16.5. The summed E-state index contributed by atoms with van der Waals surface area (Å²) in [7, 11) is 0. The minimum absolute atomic E-state index is 0.124. The van der Waals surface area contributed by atoms with E-state index in [1.165, 1.54) is 17.9 Å². The molecule has 0 aromatic heterocycles. The molecular formula is C22H22FN3O4. The summed E-state index contributed by atoms with van der Waals surface area (Å²) in [4.78, 5) is 36.6. The van der Waals surface area contributed by atoms with E-state index in [4.69, 9.17) is 4.74 Å². The molecule has 1 atom stereocenters. The summed E-state index contributed by atoms with van der Waals surface area (Å²) in [6.45, 7) is 1.82. The molecule has 30 heavy (non-hydrogen) atoms. The molecule has 1 aliphatic heterocycles. The highest BCUT2D eigenvalue weighted by molar-refractivity contribution is 5.95. The summed E-state index contributed by atoms with van der Waals surface area (Å²) in [6, 6.07) is 11.5. The van der Waals surface area contributed by atoms with Crippen molar-refractivity contribution in [3.63, 3.8) is 0 Å². The van der Waals surface area contributed by atoms with Crippen LogP contribution >= 0.6 is 0 Å². The second kappa shape index (κ2) is 8.14. The Morgan fingerprint density at radius 2 is 1.90 bits per heavy atom. The Kier molecular flexibility index (Phi) is 5.39. The molecule has 2 aromatic rings. The molecule has 1 saturated carbocycles. The van der Waals surface area contributed by atoms with Crippen molar-refractivity contribution >= 4 is 23.6 Å². The molecule has 3 amide bonds. The van der Waals surface area contributed by atoms with Gasteiger partial charge in [0.1, 0.15) is 11.9 Å². The number of rotatable bonds is 6. The summed E-state index contributed by atoms with van der Waals surface area (Å²) < 4.78 is 20.0. The van der Waals surface area contributed by atoms with Crippen molar-refractivity contribution in [2.24, 2.45) is 0 Å². The molecule has 4 rings (SSSR count). The number of benzene rings is 2. The maximum absolute atomic E-state index is 14.8. The minimum atomic E-state index is -0.580. The van der Waals surface area contributed by atoms with Gasteiger partial charge in [0.05, 0.1) is 18.8 Å². The number of nitrogens with one attached hydrogen (secondary N) is 2. The van der Waals surface area contributed by atoms with Crippen molar-refractivity contribution in [1.29, 1.82) is 0 Å². The van der Waals surface area contributed by atoms with E-state index in [0.717, 1.165) is 12.8 Å². The van der Waals surface area contributed by atoms with Crippen LogP contribution < -0.4 is 15.5 Å². The van der Waals surface area contributed by atoms with Gasteiger partial charge in [0.25, 0.3) is 5.91 Å². The maximum atomic E-state index is 14.8. The average molecular weight is 411 g/mol. The number of hydrogen-bond donors (Lipinski definition) is 2. The Morgan fingerprint density at radius 3 is 2.53 bits per heavy atom. The molecule has 0 spiro atoms. The largest absolute Gasteiger partial charge is 0.442 e. The molecule has 8 heteroatoms. The first-order valence-corrected chi connectivity index (χ1v) is 9.84. The monoisotopic (exact) mass is 411 g/mol. The third kappa shape index (κ3) is 4.42. The number of ether oxygens (including phenoxy) is 1. The third-order valence-electron chi connectivity index (χ3n) is 5.09. The lowest BCUT2D eigenvalue weighted by Crippen LogP contribution is -2.33. The van der Waals surface area contributed by atoms with E-state index in [2.05, 4.69) is 10.6 Å². The van der Waals surface area contributed by atoms with Crippen LogP contribution in [0.3, 0.4) is 0 Å². The summed E-state index contributed by atoms with van der Waals surface area (Å²) in [5, 5.41) is 5.52. The maximum Gasteiger partial charge on any atom is 0.414 e. The zero-order chi connectivity index (χ0) is 21.3. The summed E-state index contributed by atoms with van der Waals surface area (Å²) in [6.07, 6.45) is 0.960. The molecule has 2 aromatic carbocycles. The Balaban J connectivity index is 1.46. The van der Waals surface area contributed by atoms with Gasteiger partial charge in [0.2, 0.25) is 5.91 Å². The van der Waals surface area contributed by atoms with Gasteiger partial charge in [-0.15, -0.1) is 0 Å². The van der Waals surface area contributed by atoms with E-state index in [0.29, 0.717) is 22.4 Å². The van der Waals surface area contributed by atoms with Crippen molar-refractivity contribution in [1.82, 2.24) is 10.6 Å². The molecule has 0 unspecified atom stereocenters. The van der Waals surface area contributed by atoms with Crippen LogP contribution in [0.1, 0.15) is 30.1 Å². The molecule has 7 nitrogen and oxygen atoms in total. The number of carbonyl (C=O) groups is 3. The van der Waals surface area contributed by atoms with Crippen LogP contribution in [0.2, 0.25) is 0 Å². The van der Waals surface area contributed by atoms with E-state index in [1.54, 1.807) is 36.4 Å². The molecule has 2 aliphatic rings. The van der Waals surface area contributed by atoms with Gasteiger partial charge in [-0.2, -0.15) is 0 Å². The summed E-state index contributed by atoms with van der Waals surface area (Å²) >= 11 is 0. The van der Waals surface area contributed by atoms with E-state index < -0.39 is 18.0 Å². The first-order chi connectivity index (χ1) is 14.4. The predicted octanol–water partition coefficient (Wildman–Crippen LogP) is 2.85. The first kappa shape index (κ1) is 19.9. The van der Waals surface area contributed by atoms with Crippen molar-refractivity contribution in [2.75, 3.05) is 18.0 Å². The van der Waals surface area contributed by atoms with Crippen LogP contribution in [-0.2, 0) is 9.53 Å². The van der Waals surface area contributed by atoms with E-state index >= 15 is 0 Å². The second-order valence-electron chi connectivity index (χ2n) is 7.54. The molecule has 0 bridgehead atoms. The fourth-order valence-corrected chi connectivity index (χ4v) is 3.30. The Bertz CT molecular complexity index is 988. The fourth-order valence-electron chi connectivity index (χ4n) is 3.30. The number of nitrogens with zero attached hydrogens (tertiary/aromatic N) is 1. The van der Waals surface area contributed by atoms with Crippen LogP contribution in [0.15, 0.2) is 42.5 Å². The molecule has 1 heterocycles. The highest BCUT2D eigenvalue weighted by atomic mass is 19.1. The van der Waals surface area contributed by atoms with Gasteiger partial charge >= 0.3 is 6.09 Å². The lowest BCUT2D eigenvalue weighted by Gasteiger charge is -2.14. The van der Waals surface area contributed by atoms with Crippen molar-refractivity contribution in [2.45, 2.75) is 31.9 Å². The fraction of sp³-hybridized carbons (Fsp3) is 0.318. The minimum Gasteiger partial charge on any atom is -0.442 e. The number of hydrogen-bond acceptors (Lipinski definition) is 4. The van der Waals surface area contributed by atoms with Crippen LogP contribution in [0.25, 0.3) is 11.1 Å². The number of halogens is 1.